The quantitative estimate of drug-likeness (QED) is 0.633. The fourth-order valence-electron chi connectivity index (χ4n) is 2.00. The van der Waals surface area contributed by atoms with Gasteiger partial charge in [-0.2, -0.15) is 0 Å². The second kappa shape index (κ2) is 5.65. The summed E-state index contributed by atoms with van der Waals surface area (Å²) in [5, 5.41) is 5.47. The van der Waals surface area contributed by atoms with E-state index in [1.54, 1.807) is 12.1 Å². The van der Waals surface area contributed by atoms with Crippen molar-refractivity contribution in [2.75, 3.05) is 11.9 Å². The number of carbonyl (C=O) groups excluding carboxylic acids is 3. The Labute approximate surface area is 111 Å². The Morgan fingerprint density at radius 1 is 1.32 bits per heavy atom. The average Bonchev–Trinajstić information content (AvgIpc) is 2.38. The SMILES string of the molecule is CC(=O)c1ccc(NCC2CCC(=O)NC2=O)cc1. The number of anilines is 1. The number of rotatable bonds is 4. The van der Waals surface area contributed by atoms with E-state index >= 15 is 0 Å². The number of amides is 2. The van der Waals surface area contributed by atoms with Crippen LogP contribution < -0.4 is 10.6 Å². The lowest BCUT2D eigenvalue weighted by Crippen LogP contribution is -2.43. The van der Waals surface area contributed by atoms with E-state index in [1.165, 1.54) is 6.92 Å². The van der Waals surface area contributed by atoms with Gasteiger partial charge in [-0.05, 0) is 37.6 Å². The van der Waals surface area contributed by atoms with E-state index in [4.69, 9.17) is 0 Å². The Hall–Kier alpha value is -2.17. The third-order valence-corrected chi connectivity index (χ3v) is 3.20. The second-order valence-electron chi connectivity index (χ2n) is 4.66. The molecule has 1 atom stereocenters. The molecule has 0 spiro atoms. The first-order valence-electron chi connectivity index (χ1n) is 6.25. The van der Waals surface area contributed by atoms with Gasteiger partial charge in [0.05, 0.1) is 5.92 Å². The van der Waals surface area contributed by atoms with Crippen molar-refractivity contribution in [3.8, 4) is 0 Å². The summed E-state index contributed by atoms with van der Waals surface area (Å²) in [6.45, 7) is 2.00. The van der Waals surface area contributed by atoms with Gasteiger partial charge < -0.3 is 5.32 Å². The van der Waals surface area contributed by atoms with Gasteiger partial charge in [-0.15, -0.1) is 0 Å². The maximum Gasteiger partial charge on any atom is 0.231 e. The van der Waals surface area contributed by atoms with Crippen LogP contribution in [0.2, 0.25) is 0 Å². The molecule has 1 aromatic rings. The zero-order valence-corrected chi connectivity index (χ0v) is 10.7. The van der Waals surface area contributed by atoms with Crippen molar-refractivity contribution in [2.24, 2.45) is 5.92 Å². The zero-order valence-electron chi connectivity index (χ0n) is 10.7. The molecule has 0 bridgehead atoms. The monoisotopic (exact) mass is 260 g/mol. The summed E-state index contributed by atoms with van der Waals surface area (Å²) in [5.74, 6) is -0.585. The third-order valence-electron chi connectivity index (χ3n) is 3.20. The van der Waals surface area contributed by atoms with Gasteiger partial charge in [0.1, 0.15) is 0 Å². The fraction of sp³-hybridized carbons (Fsp3) is 0.357. The molecular formula is C14H16N2O3. The van der Waals surface area contributed by atoms with Gasteiger partial charge in [0.2, 0.25) is 11.8 Å². The van der Waals surface area contributed by atoms with E-state index in [9.17, 15) is 14.4 Å². The Morgan fingerprint density at radius 3 is 2.58 bits per heavy atom. The number of hydrogen-bond acceptors (Lipinski definition) is 4. The number of benzene rings is 1. The molecular weight excluding hydrogens is 244 g/mol. The number of nitrogens with one attached hydrogen (secondary N) is 2. The first-order valence-corrected chi connectivity index (χ1v) is 6.25. The summed E-state index contributed by atoms with van der Waals surface area (Å²) in [7, 11) is 0. The number of Topliss-reactive ketones (excluding diaryl/α,β-unsaturated/α-hetero) is 1. The summed E-state index contributed by atoms with van der Waals surface area (Å²) < 4.78 is 0. The van der Waals surface area contributed by atoms with Crippen LogP contribution in [-0.2, 0) is 9.59 Å². The molecule has 100 valence electrons. The highest BCUT2D eigenvalue weighted by Gasteiger charge is 2.25. The molecule has 0 saturated carbocycles. The van der Waals surface area contributed by atoms with Gasteiger partial charge in [-0.3, -0.25) is 19.7 Å². The average molecular weight is 260 g/mol. The fourth-order valence-corrected chi connectivity index (χ4v) is 2.00. The minimum atomic E-state index is -0.218. The smallest absolute Gasteiger partial charge is 0.231 e. The lowest BCUT2D eigenvalue weighted by atomic mass is 9.98. The number of carbonyl (C=O) groups is 3. The molecule has 1 aliphatic heterocycles. The first kappa shape index (κ1) is 13.3. The molecule has 1 aliphatic rings. The van der Waals surface area contributed by atoms with Crippen molar-refractivity contribution < 1.29 is 14.4 Å². The maximum atomic E-state index is 11.6. The standard InChI is InChI=1S/C14H16N2O3/c1-9(17)10-2-5-12(6-3-10)15-8-11-4-7-13(18)16-14(11)19/h2-3,5-6,11,15H,4,7-8H2,1H3,(H,16,18,19). The summed E-state index contributed by atoms with van der Waals surface area (Å²) >= 11 is 0. The Balaban J connectivity index is 1.90. The van der Waals surface area contributed by atoms with Crippen molar-refractivity contribution in [1.29, 1.82) is 0 Å². The topological polar surface area (TPSA) is 75.3 Å². The molecule has 0 radical (unpaired) electrons. The van der Waals surface area contributed by atoms with Crippen LogP contribution in [0.25, 0.3) is 0 Å². The van der Waals surface area contributed by atoms with Gasteiger partial charge in [0, 0.05) is 24.2 Å². The van der Waals surface area contributed by atoms with Crippen LogP contribution in [0.4, 0.5) is 5.69 Å². The summed E-state index contributed by atoms with van der Waals surface area (Å²) in [6, 6.07) is 7.11. The molecule has 1 heterocycles. The predicted molar refractivity (Wildman–Crippen MR) is 70.8 cm³/mol. The molecule has 2 amide bonds. The van der Waals surface area contributed by atoms with E-state index < -0.39 is 0 Å². The number of hydrogen-bond donors (Lipinski definition) is 2. The van der Waals surface area contributed by atoms with Crippen molar-refractivity contribution in [1.82, 2.24) is 5.32 Å². The molecule has 5 nitrogen and oxygen atoms in total. The van der Waals surface area contributed by atoms with Crippen molar-refractivity contribution in [2.45, 2.75) is 19.8 Å². The normalized spacial score (nSPS) is 18.9. The minimum Gasteiger partial charge on any atom is -0.384 e. The molecule has 1 fully saturated rings. The number of piperidine rings is 1. The van der Waals surface area contributed by atoms with E-state index in [-0.39, 0.29) is 23.5 Å². The zero-order chi connectivity index (χ0) is 13.8. The van der Waals surface area contributed by atoms with E-state index in [1.807, 2.05) is 12.1 Å². The van der Waals surface area contributed by atoms with Crippen molar-refractivity contribution in [3.05, 3.63) is 29.8 Å². The molecule has 0 aliphatic carbocycles. The highest BCUT2D eigenvalue weighted by Crippen LogP contribution is 2.15. The maximum absolute atomic E-state index is 11.6. The Morgan fingerprint density at radius 2 is 2.00 bits per heavy atom. The van der Waals surface area contributed by atoms with Crippen LogP contribution >= 0.6 is 0 Å². The lowest BCUT2D eigenvalue weighted by molar-refractivity contribution is -0.135. The lowest BCUT2D eigenvalue weighted by Gasteiger charge is -2.21. The molecule has 2 rings (SSSR count). The molecule has 5 heteroatoms. The molecule has 1 unspecified atom stereocenters. The van der Waals surface area contributed by atoms with E-state index in [0.717, 1.165) is 5.69 Å². The summed E-state index contributed by atoms with van der Waals surface area (Å²) in [5.41, 5.74) is 1.52. The van der Waals surface area contributed by atoms with Crippen LogP contribution in [0.5, 0.6) is 0 Å². The van der Waals surface area contributed by atoms with Gasteiger partial charge in [0.15, 0.2) is 5.78 Å². The molecule has 1 aromatic carbocycles. The first-order chi connectivity index (χ1) is 9.06. The van der Waals surface area contributed by atoms with E-state index in [2.05, 4.69) is 10.6 Å². The molecule has 1 saturated heterocycles. The van der Waals surface area contributed by atoms with Crippen LogP contribution in [0.15, 0.2) is 24.3 Å². The molecule has 19 heavy (non-hydrogen) atoms. The van der Waals surface area contributed by atoms with E-state index in [0.29, 0.717) is 24.9 Å². The van der Waals surface area contributed by atoms with Gasteiger partial charge in [-0.25, -0.2) is 0 Å². The van der Waals surface area contributed by atoms with Crippen LogP contribution in [0.1, 0.15) is 30.1 Å². The minimum absolute atomic E-state index is 0.0247. The van der Waals surface area contributed by atoms with Gasteiger partial charge >= 0.3 is 0 Å². The largest absolute Gasteiger partial charge is 0.384 e. The highest BCUT2D eigenvalue weighted by atomic mass is 16.2. The number of ketones is 1. The number of imide groups is 1. The van der Waals surface area contributed by atoms with Crippen molar-refractivity contribution >= 4 is 23.3 Å². The molecule has 0 aromatic heterocycles. The van der Waals surface area contributed by atoms with Crippen LogP contribution in [0.3, 0.4) is 0 Å². The predicted octanol–water partition coefficient (Wildman–Crippen LogP) is 1.35. The molecule has 2 N–H and O–H groups in total. The summed E-state index contributed by atoms with van der Waals surface area (Å²) in [4.78, 5) is 33.7. The highest BCUT2D eigenvalue weighted by molar-refractivity contribution is 5.98. The van der Waals surface area contributed by atoms with Crippen molar-refractivity contribution in [3.63, 3.8) is 0 Å². The third kappa shape index (κ3) is 3.40. The van der Waals surface area contributed by atoms with Gasteiger partial charge in [0.25, 0.3) is 0 Å². The van der Waals surface area contributed by atoms with Crippen LogP contribution in [0, 0.1) is 5.92 Å². The Bertz CT molecular complexity index is 508. The van der Waals surface area contributed by atoms with Gasteiger partial charge in [-0.1, -0.05) is 0 Å². The Kier molecular flexibility index (Phi) is 3.94. The summed E-state index contributed by atoms with van der Waals surface area (Å²) in [6.07, 6.45) is 0.963. The van der Waals surface area contributed by atoms with Crippen LogP contribution in [-0.4, -0.2) is 24.1 Å². The second-order valence-corrected chi connectivity index (χ2v) is 4.66.